The van der Waals surface area contributed by atoms with Gasteiger partial charge in [0.05, 0.1) is 5.02 Å². The molecule has 0 bridgehead atoms. The van der Waals surface area contributed by atoms with E-state index in [-0.39, 0.29) is 10.8 Å². The van der Waals surface area contributed by atoms with Crippen LogP contribution in [0.25, 0.3) is 0 Å². The van der Waals surface area contributed by atoms with Gasteiger partial charge in [-0.1, -0.05) is 54.1 Å². The summed E-state index contributed by atoms with van der Waals surface area (Å²) in [5.41, 5.74) is 7.18. The largest absolute Gasteiger partial charge is 0.321 e. The van der Waals surface area contributed by atoms with E-state index >= 15 is 0 Å². The zero-order valence-corrected chi connectivity index (χ0v) is 10.9. The third-order valence-corrected chi connectivity index (χ3v) is 3.31. The molecule has 0 spiro atoms. The van der Waals surface area contributed by atoms with E-state index in [9.17, 15) is 4.39 Å². The zero-order valence-electron chi connectivity index (χ0n) is 10.2. The highest BCUT2D eigenvalue weighted by Crippen LogP contribution is 2.26. The lowest BCUT2D eigenvalue weighted by Gasteiger charge is -2.25. The van der Waals surface area contributed by atoms with E-state index in [0.717, 1.165) is 5.56 Å². The van der Waals surface area contributed by atoms with Crippen molar-refractivity contribution in [3.8, 4) is 0 Å². The fourth-order valence-corrected chi connectivity index (χ4v) is 2.20. The molecule has 0 heterocycles. The maximum absolute atomic E-state index is 13.9. The molecule has 2 aromatic carbocycles. The van der Waals surface area contributed by atoms with Gasteiger partial charge in [-0.05, 0) is 30.5 Å². The number of hydrogen-bond acceptors (Lipinski definition) is 1. The van der Waals surface area contributed by atoms with E-state index in [1.807, 2.05) is 37.3 Å². The Morgan fingerprint density at radius 2 is 1.78 bits per heavy atom. The lowest BCUT2D eigenvalue weighted by Crippen LogP contribution is -2.35. The van der Waals surface area contributed by atoms with Crippen molar-refractivity contribution < 1.29 is 4.39 Å². The molecule has 1 unspecified atom stereocenters. The predicted octanol–water partition coefficient (Wildman–Crippen LogP) is 3.90. The fraction of sp³-hybridized carbons (Fsp3) is 0.200. The first kappa shape index (κ1) is 13.1. The van der Waals surface area contributed by atoms with Crippen molar-refractivity contribution in [2.75, 3.05) is 0 Å². The van der Waals surface area contributed by atoms with Gasteiger partial charge in [0.25, 0.3) is 0 Å². The fourth-order valence-electron chi connectivity index (χ4n) is 2.00. The summed E-state index contributed by atoms with van der Waals surface area (Å²) in [6.07, 6.45) is 0.406. The van der Waals surface area contributed by atoms with Gasteiger partial charge in [-0.3, -0.25) is 0 Å². The van der Waals surface area contributed by atoms with E-state index in [1.165, 1.54) is 6.07 Å². The molecule has 1 nitrogen and oxygen atoms in total. The molecule has 0 saturated carbocycles. The predicted molar refractivity (Wildman–Crippen MR) is 73.1 cm³/mol. The molecule has 2 rings (SSSR count). The van der Waals surface area contributed by atoms with Crippen LogP contribution in [0.15, 0.2) is 48.5 Å². The normalized spacial score (nSPS) is 14.2. The van der Waals surface area contributed by atoms with Crippen molar-refractivity contribution in [2.45, 2.75) is 18.9 Å². The van der Waals surface area contributed by atoms with E-state index in [1.54, 1.807) is 12.1 Å². The highest BCUT2D eigenvalue weighted by molar-refractivity contribution is 6.30. The van der Waals surface area contributed by atoms with Crippen molar-refractivity contribution >= 4 is 11.6 Å². The molecule has 0 saturated heterocycles. The van der Waals surface area contributed by atoms with Crippen LogP contribution in [0.3, 0.4) is 0 Å². The Morgan fingerprint density at radius 1 is 1.11 bits per heavy atom. The lowest BCUT2D eigenvalue weighted by molar-refractivity contribution is 0.475. The lowest BCUT2D eigenvalue weighted by atomic mass is 9.86. The van der Waals surface area contributed by atoms with Crippen LogP contribution in [0.5, 0.6) is 0 Å². The standard InChI is InChI=1S/C15H15ClFN/c1-15(18,12-7-3-2-4-8-12)10-11-6-5-9-13(16)14(11)17/h2-9H,10,18H2,1H3. The van der Waals surface area contributed by atoms with Crippen molar-refractivity contribution in [1.82, 2.24) is 0 Å². The molecule has 0 aliphatic heterocycles. The van der Waals surface area contributed by atoms with Crippen LogP contribution in [0.2, 0.25) is 5.02 Å². The van der Waals surface area contributed by atoms with E-state index < -0.39 is 5.54 Å². The molecule has 0 amide bonds. The molecule has 2 aromatic rings. The Hall–Kier alpha value is -1.38. The number of nitrogens with two attached hydrogens (primary N) is 1. The highest BCUT2D eigenvalue weighted by atomic mass is 35.5. The first-order chi connectivity index (χ1) is 8.50. The van der Waals surface area contributed by atoms with Gasteiger partial charge >= 0.3 is 0 Å². The minimum Gasteiger partial charge on any atom is -0.321 e. The first-order valence-electron chi connectivity index (χ1n) is 5.78. The van der Waals surface area contributed by atoms with Crippen LogP contribution in [0, 0.1) is 5.82 Å². The van der Waals surface area contributed by atoms with E-state index in [0.29, 0.717) is 12.0 Å². The molecular formula is C15H15ClFN. The monoisotopic (exact) mass is 263 g/mol. The van der Waals surface area contributed by atoms with Crippen LogP contribution in [-0.4, -0.2) is 0 Å². The first-order valence-corrected chi connectivity index (χ1v) is 6.16. The summed E-state index contributed by atoms with van der Waals surface area (Å²) in [5.74, 6) is -0.383. The van der Waals surface area contributed by atoms with Gasteiger partial charge in [-0.15, -0.1) is 0 Å². The second kappa shape index (κ2) is 5.09. The second-order valence-electron chi connectivity index (χ2n) is 4.67. The van der Waals surface area contributed by atoms with Gasteiger partial charge in [-0.2, -0.15) is 0 Å². The van der Waals surface area contributed by atoms with Gasteiger partial charge in [0.1, 0.15) is 5.82 Å². The van der Waals surface area contributed by atoms with Crippen LogP contribution in [0.4, 0.5) is 4.39 Å². The molecule has 18 heavy (non-hydrogen) atoms. The molecule has 2 N–H and O–H groups in total. The summed E-state index contributed by atoms with van der Waals surface area (Å²) in [6, 6.07) is 14.7. The Labute approximate surface area is 111 Å². The molecule has 1 atom stereocenters. The Bertz CT molecular complexity index is 537. The van der Waals surface area contributed by atoms with Gasteiger partial charge in [0, 0.05) is 5.54 Å². The average molecular weight is 264 g/mol. The Balaban J connectivity index is 2.31. The SMILES string of the molecule is CC(N)(Cc1cccc(Cl)c1F)c1ccccc1. The van der Waals surface area contributed by atoms with Crippen molar-refractivity contribution in [3.05, 3.63) is 70.5 Å². The summed E-state index contributed by atoms with van der Waals surface area (Å²) in [7, 11) is 0. The summed E-state index contributed by atoms with van der Waals surface area (Å²) in [5, 5.41) is 0.136. The minimum absolute atomic E-state index is 0.136. The Morgan fingerprint density at radius 3 is 2.44 bits per heavy atom. The van der Waals surface area contributed by atoms with Crippen LogP contribution in [-0.2, 0) is 12.0 Å². The maximum Gasteiger partial charge on any atom is 0.145 e. The summed E-state index contributed by atoms with van der Waals surface area (Å²) in [6.45, 7) is 1.89. The smallest absolute Gasteiger partial charge is 0.145 e. The maximum atomic E-state index is 13.9. The number of hydrogen-bond donors (Lipinski definition) is 1. The second-order valence-corrected chi connectivity index (χ2v) is 5.08. The molecular weight excluding hydrogens is 249 g/mol. The molecule has 0 aliphatic rings. The third kappa shape index (κ3) is 2.71. The molecule has 0 aromatic heterocycles. The van der Waals surface area contributed by atoms with Gasteiger partial charge in [0.15, 0.2) is 0 Å². The van der Waals surface area contributed by atoms with Crippen molar-refractivity contribution in [2.24, 2.45) is 5.73 Å². The van der Waals surface area contributed by atoms with Crippen LogP contribution in [0.1, 0.15) is 18.1 Å². The zero-order chi connectivity index (χ0) is 13.2. The van der Waals surface area contributed by atoms with Gasteiger partial charge in [0.2, 0.25) is 0 Å². The molecule has 0 fully saturated rings. The molecule has 94 valence electrons. The molecule has 3 heteroatoms. The number of rotatable bonds is 3. The average Bonchev–Trinajstić information content (AvgIpc) is 2.36. The minimum atomic E-state index is -0.618. The van der Waals surface area contributed by atoms with Crippen molar-refractivity contribution in [3.63, 3.8) is 0 Å². The summed E-state index contributed by atoms with van der Waals surface area (Å²) >= 11 is 5.77. The third-order valence-electron chi connectivity index (χ3n) is 3.02. The Kier molecular flexibility index (Phi) is 3.69. The quantitative estimate of drug-likeness (QED) is 0.893. The highest BCUT2D eigenvalue weighted by Gasteiger charge is 2.23. The summed E-state index contributed by atoms with van der Waals surface area (Å²) in [4.78, 5) is 0. The molecule has 0 aliphatic carbocycles. The van der Waals surface area contributed by atoms with Crippen LogP contribution >= 0.6 is 11.6 Å². The summed E-state index contributed by atoms with van der Waals surface area (Å²) < 4.78 is 13.9. The van der Waals surface area contributed by atoms with Crippen LogP contribution < -0.4 is 5.73 Å². The topological polar surface area (TPSA) is 26.0 Å². The number of halogens is 2. The van der Waals surface area contributed by atoms with E-state index in [4.69, 9.17) is 17.3 Å². The van der Waals surface area contributed by atoms with Crippen molar-refractivity contribution in [1.29, 1.82) is 0 Å². The van der Waals surface area contributed by atoms with E-state index in [2.05, 4.69) is 0 Å². The van der Waals surface area contributed by atoms with Gasteiger partial charge < -0.3 is 5.73 Å². The molecule has 0 radical (unpaired) electrons. The number of benzene rings is 2. The van der Waals surface area contributed by atoms with Gasteiger partial charge in [-0.25, -0.2) is 4.39 Å².